The molecule has 0 bridgehead atoms. The minimum Gasteiger partial charge on any atom is -0.350 e. The first kappa shape index (κ1) is 14.0. The van der Waals surface area contributed by atoms with Crippen molar-refractivity contribution in [3.63, 3.8) is 0 Å². The van der Waals surface area contributed by atoms with E-state index < -0.39 is 0 Å². The molecule has 1 amide bonds. The van der Waals surface area contributed by atoms with Crippen LogP contribution < -0.4 is 5.32 Å². The van der Waals surface area contributed by atoms with Gasteiger partial charge >= 0.3 is 0 Å². The van der Waals surface area contributed by atoms with Gasteiger partial charge in [0, 0.05) is 15.4 Å². The molecule has 0 saturated heterocycles. The minimum atomic E-state index is -0.155. The van der Waals surface area contributed by atoms with Gasteiger partial charge in [0.05, 0.1) is 17.6 Å². The van der Waals surface area contributed by atoms with E-state index in [0.717, 1.165) is 32.2 Å². The van der Waals surface area contributed by atoms with Gasteiger partial charge in [-0.15, -0.1) is 0 Å². The van der Waals surface area contributed by atoms with Crippen molar-refractivity contribution in [3.05, 3.63) is 64.5 Å². The Kier molecular flexibility index (Phi) is 3.38. The molecule has 0 saturated carbocycles. The van der Waals surface area contributed by atoms with Crippen LogP contribution in [0.3, 0.4) is 0 Å². The number of nitrogens with zero attached hydrogens (tertiary/aromatic N) is 1. The van der Waals surface area contributed by atoms with Crippen LogP contribution in [0.4, 0.5) is 0 Å². The van der Waals surface area contributed by atoms with Crippen LogP contribution in [0, 0.1) is 0 Å². The molecule has 0 radical (unpaired) electrons. The molecule has 2 aromatic heterocycles. The summed E-state index contributed by atoms with van der Waals surface area (Å²) in [5.41, 5.74) is 3.32. The van der Waals surface area contributed by atoms with E-state index in [1.165, 1.54) is 0 Å². The lowest BCUT2D eigenvalue weighted by molar-refractivity contribution is 0.0946. The summed E-state index contributed by atoms with van der Waals surface area (Å²) in [5.74, 6) is 0.580. The molecule has 5 nitrogen and oxygen atoms in total. The number of carbonyl (C=O) groups excluding carboxylic acids is 1. The first-order valence-electron chi connectivity index (χ1n) is 7.19. The third kappa shape index (κ3) is 2.73. The van der Waals surface area contributed by atoms with Crippen molar-refractivity contribution in [2.75, 3.05) is 0 Å². The molecule has 2 aromatic carbocycles. The third-order valence-electron chi connectivity index (χ3n) is 3.68. The van der Waals surface area contributed by atoms with Crippen molar-refractivity contribution in [2.24, 2.45) is 0 Å². The van der Waals surface area contributed by atoms with Crippen LogP contribution in [0.25, 0.3) is 21.9 Å². The van der Waals surface area contributed by atoms with Crippen LogP contribution in [-0.2, 0) is 6.54 Å². The fraction of sp³-hybridized carbons (Fsp3) is 0.0588. The summed E-state index contributed by atoms with van der Waals surface area (Å²) in [7, 11) is 0. The SMILES string of the molecule is O=C(NCc1nc2ccccc2[nH]1)c1cc2ccc(Br)cc2[nH]1. The molecule has 0 aliphatic carbocycles. The number of aromatic nitrogens is 3. The number of hydrogen-bond donors (Lipinski definition) is 3. The largest absolute Gasteiger partial charge is 0.350 e. The number of carbonyl (C=O) groups is 1. The molecule has 114 valence electrons. The molecule has 3 N–H and O–H groups in total. The van der Waals surface area contributed by atoms with Crippen molar-refractivity contribution in [3.8, 4) is 0 Å². The molecule has 0 aliphatic heterocycles. The predicted molar refractivity (Wildman–Crippen MR) is 93.3 cm³/mol. The van der Waals surface area contributed by atoms with Crippen LogP contribution in [0.1, 0.15) is 16.3 Å². The van der Waals surface area contributed by atoms with Gasteiger partial charge in [-0.1, -0.05) is 34.1 Å². The Balaban J connectivity index is 1.52. The molecule has 0 aliphatic rings. The lowest BCUT2D eigenvalue weighted by Crippen LogP contribution is -2.23. The van der Waals surface area contributed by atoms with E-state index in [2.05, 4.69) is 36.2 Å². The smallest absolute Gasteiger partial charge is 0.268 e. The van der Waals surface area contributed by atoms with Gasteiger partial charge in [0.25, 0.3) is 5.91 Å². The summed E-state index contributed by atoms with van der Waals surface area (Å²) in [6, 6.07) is 15.5. The highest BCUT2D eigenvalue weighted by atomic mass is 79.9. The summed E-state index contributed by atoms with van der Waals surface area (Å²) in [6.45, 7) is 0.354. The van der Waals surface area contributed by atoms with Crippen LogP contribution in [0.5, 0.6) is 0 Å². The molecular formula is C17H13BrN4O. The van der Waals surface area contributed by atoms with Gasteiger partial charge in [-0.3, -0.25) is 4.79 Å². The van der Waals surface area contributed by atoms with Gasteiger partial charge in [0.1, 0.15) is 11.5 Å². The highest BCUT2D eigenvalue weighted by molar-refractivity contribution is 9.10. The van der Waals surface area contributed by atoms with E-state index in [-0.39, 0.29) is 5.91 Å². The maximum atomic E-state index is 12.3. The molecule has 0 fully saturated rings. The number of H-pyrrole nitrogens is 2. The average molecular weight is 369 g/mol. The average Bonchev–Trinajstić information content (AvgIpc) is 3.15. The number of para-hydroxylation sites is 2. The Hall–Kier alpha value is -2.60. The Morgan fingerprint density at radius 2 is 1.96 bits per heavy atom. The van der Waals surface area contributed by atoms with E-state index in [9.17, 15) is 4.79 Å². The zero-order chi connectivity index (χ0) is 15.8. The molecule has 2 heterocycles. The van der Waals surface area contributed by atoms with Gasteiger partial charge in [-0.05, 0) is 30.3 Å². The molecule has 6 heteroatoms. The molecule has 0 spiro atoms. The lowest BCUT2D eigenvalue weighted by Gasteiger charge is -2.00. The number of benzene rings is 2. The Morgan fingerprint density at radius 1 is 1.09 bits per heavy atom. The highest BCUT2D eigenvalue weighted by Crippen LogP contribution is 2.20. The molecule has 0 atom stereocenters. The molecule has 4 rings (SSSR count). The van der Waals surface area contributed by atoms with E-state index in [1.807, 2.05) is 48.5 Å². The van der Waals surface area contributed by atoms with Crippen LogP contribution in [0.2, 0.25) is 0 Å². The van der Waals surface area contributed by atoms with Gasteiger partial charge in [0.15, 0.2) is 0 Å². The third-order valence-corrected chi connectivity index (χ3v) is 4.18. The summed E-state index contributed by atoms with van der Waals surface area (Å²) in [6.07, 6.45) is 0. The van der Waals surface area contributed by atoms with Gasteiger partial charge in [-0.25, -0.2) is 4.98 Å². The van der Waals surface area contributed by atoms with Gasteiger partial charge in [0.2, 0.25) is 0 Å². The number of halogens is 1. The van der Waals surface area contributed by atoms with Crippen molar-refractivity contribution in [1.29, 1.82) is 0 Å². The van der Waals surface area contributed by atoms with Gasteiger partial charge < -0.3 is 15.3 Å². The summed E-state index contributed by atoms with van der Waals surface area (Å²) in [4.78, 5) is 23.1. The number of nitrogens with one attached hydrogen (secondary N) is 3. The number of imidazole rings is 1. The second kappa shape index (κ2) is 5.55. The topological polar surface area (TPSA) is 73.6 Å². The van der Waals surface area contributed by atoms with E-state index >= 15 is 0 Å². The van der Waals surface area contributed by atoms with Crippen LogP contribution in [0.15, 0.2) is 53.0 Å². The predicted octanol–water partition coefficient (Wildman–Crippen LogP) is 3.74. The molecular weight excluding hydrogens is 356 g/mol. The Morgan fingerprint density at radius 3 is 2.83 bits per heavy atom. The quantitative estimate of drug-likeness (QED) is 0.515. The molecule has 4 aromatic rings. The van der Waals surface area contributed by atoms with Crippen LogP contribution in [-0.4, -0.2) is 20.9 Å². The number of fused-ring (bicyclic) bond motifs is 2. The number of rotatable bonds is 3. The van der Waals surface area contributed by atoms with Crippen molar-refractivity contribution < 1.29 is 4.79 Å². The fourth-order valence-electron chi connectivity index (χ4n) is 2.57. The Labute approximate surface area is 140 Å². The van der Waals surface area contributed by atoms with Gasteiger partial charge in [-0.2, -0.15) is 0 Å². The Bertz CT molecular complexity index is 985. The highest BCUT2D eigenvalue weighted by Gasteiger charge is 2.10. The summed E-state index contributed by atoms with van der Waals surface area (Å²) < 4.78 is 0.973. The standard InChI is InChI=1S/C17H13BrN4O/c18-11-6-5-10-7-15(20-14(10)8-11)17(23)19-9-16-21-12-3-1-2-4-13(12)22-16/h1-8,20H,9H2,(H,19,23)(H,21,22). The number of hydrogen-bond acceptors (Lipinski definition) is 2. The second-order valence-electron chi connectivity index (χ2n) is 5.30. The molecule has 23 heavy (non-hydrogen) atoms. The van der Waals surface area contributed by atoms with Crippen molar-refractivity contribution >= 4 is 43.8 Å². The molecule has 0 unspecified atom stereocenters. The first-order chi connectivity index (χ1) is 11.2. The van der Waals surface area contributed by atoms with E-state index in [0.29, 0.717) is 12.2 Å². The number of amides is 1. The lowest BCUT2D eigenvalue weighted by atomic mass is 10.2. The van der Waals surface area contributed by atoms with Crippen molar-refractivity contribution in [1.82, 2.24) is 20.3 Å². The first-order valence-corrected chi connectivity index (χ1v) is 7.98. The van der Waals surface area contributed by atoms with Crippen molar-refractivity contribution in [2.45, 2.75) is 6.54 Å². The maximum absolute atomic E-state index is 12.3. The minimum absolute atomic E-state index is 0.155. The normalized spacial score (nSPS) is 11.2. The summed E-state index contributed by atoms with van der Waals surface area (Å²) in [5, 5.41) is 3.88. The fourth-order valence-corrected chi connectivity index (χ4v) is 2.93. The van der Waals surface area contributed by atoms with E-state index in [4.69, 9.17) is 0 Å². The zero-order valence-corrected chi connectivity index (χ0v) is 13.6. The van der Waals surface area contributed by atoms with Crippen LogP contribution >= 0.6 is 15.9 Å². The monoisotopic (exact) mass is 368 g/mol. The number of aromatic amines is 2. The summed E-state index contributed by atoms with van der Waals surface area (Å²) >= 11 is 3.42. The second-order valence-corrected chi connectivity index (χ2v) is 6.21. The maximum Gasteiger partial charge on any atom is 0.268 e. The van der Waals surface area contributed by atoms with E-state index in [1.54, 1.807) is 0 Å². The zero-order valence-electron chi connectivity index (χ0n) is 12.1.